The summed E-state index contributed by atoms with van der Waals surface area (Å²) in [4.78, 5) is 0. The molecular formula is C14H21NO3. The van der Waals surface area contributed by atoms with Crippen LogP contribution in [-0.2, 0) is 6.54 Å². The van der Waals surface area contributed by atoms with E-state index in [0.717, 1.165) is 17.1 Å². The fourth-order valence-corrected chi connectivity index (χ4v) is 1.66. The van der Waals surface area contributed by atoms with E-state index in [9.17, 15) is 5.11 Å². The fourth-order valence-electron chi connectivity index (χ4n) is 1.66. The SMILES string of the molecule is CC(C)(O)C(C)(C)NCc1cccc2c1OCO2. The molecule has 4 heteroatoms. The van der Waals surface area contributed by atoms with Gasteiger partial charge in [0.15, 0.2) is 11.5 Å². The van der Waals surface area contributed by atoms with Crippen molar-refractivity contribution in [3.8, 4) is 11.5 Å². The molecule has 2 N–H and O–H groups in total. The van der Waals surface area contributed by atoms with Crippen molar-refractivity contribution >= 4 is 0 Å². The second-order valence-corrected chi connectivity index (χ2v) is 5.69. The standard InChI is InChI=1S/C14H21NO3/c1-13(2,14(3,4)16)15-8-10-6-5-7-11-12(10)18-9-17-11/h5-7,15-16H,8-9H2,1-4H3. The molecule has 0 saturated carbocycles. The molecule has 0 radical (unpaired) electrons. The minimum absolute atomic E-state index is 0.279. The van der Waals surface area contributed by atoms with Gasteiger partial charge in [-0.2, -0.15) is 0 Å². The number of rotatable bonds is 4. The first-order valence-corrected chi connectivity index (χ1v) is 6.16. The first-order chi connectivity index (χ1) is 8.31. The molecule has 1 heterocycles. The molecule has 1 aromatic rings. The number of benzene rings is 1. The molecule has 0 saturated heterocycles. The van der Waals surface area contributed by atoms with Crippen LogP contribution in [0.25, 0.3) is 0 Å². The van der Waals surface area contributed by atoms with Crippen LogP contribution in [0.15, 0.2) is 18.2 Å². The van der Waals surface area contributed by atoms with Crippen LogP contribution in [0.1, 0.15) is 33.3 Å². The summed E-state index contributed by atoms with van der Waals surface area (Å²) in [6.07, 6.45) is 0. The predicted molar refractivity (Wildman–Crippen MR) is 69.8 cm³/mol. The molecule has 0 spiro atoms. The summed E-state index contributed by atoms with van der Waals surface area (Å²) in [7, 11) is 0. The Morgan fingerprint density at radius 2 is 1.94 bits per heavy atom. The molecule has 1 aromatic carbocycles. The summed E-state index contributed by atoms with van der Waals surface area (Å²) in [6.45, 7) is 8.47. The Labute approximate surface area is 108 Å². The van der Waals surface area contributed by atoms with Crippen molar-refractivity contribution in [2.45, 2.75) is 45.4 Å². The normalized spacial score (nSPS) is 14.9. The van der Waals surface area contributed by atoms with Crippen LogP contribution in [0.4, 0.5) is 0 Å². The van der Waals surface area contributed by atoms with Crippen molar-refractivity contribution in [2.24, 2.45) is 0 Å². The summed E-state index contributed by atoms with van der Waals surface area (Å²) in [5.41, 5.74) is -0.153. The first-order valence-electron chi connectivity index (χ1n) is 6.16. The summed E-state index contributed by atoms with van der Waals surface area (Å²) < 4.78 is 10.8. The van der Waals surface area contributed by atoms with E-state index in [0.29, 0.717) is 6.54 Å². The summed E-state index contributed by atoms with van der Waals surface area (Å²) in [5, 5.41) is 13.5. The Kier molecular flexibility index (Phi) is 3.25. The van der Waals surface area contributed by atoms with Gasteiger partial charge in [-0.1, -0.05) is 12.1 Å². The van der Waals surface area contributed by atoms with Gasteiger partial charge in [0.2, 0.25) is 6.79 Å². The van der Waals surface area contributed by atoms with E-state index in [1.54, 1.807) is 13.8 Å². The Morgan fingerprint density at radius 1 is 1.22 bits per heavy atom. The van der Waals surface area contributed by atoms with Crippen LogP contribution in [0.5, 0.6) is 11.5 Å². The number of hydrogen-bond donors (Lipinski definition) is 2. The minimum atomic E-state index is -0.803. The molecule has 0 atom stereocenters. The molecule has 0 fully saturated rings. The molecule has 1 aliphatic heterocycles. The number of nitrogens with one attached hydrogen (secondary N) is 1. The highest BCUT2D eigenvalue weighted by molar-refractivity contribution is 5.48. The Morgan fingerprint density at radius 3 is 2.61 bits per heavy atom. The largest absolute Gasteiger partial charge is 0.454 e. The third-order valence-electron chi connectivity index (χ3n) is 3.73. The predicted octanol–water partition coefficient (Wildman–Crippen LogP) is 2.05. The zero-order valence-corrected chi connectivity index (χ0v) is 11.4. The fraction of sp³-hybridized carbons (Fsp3) is 0.571. The number of para-hydroxylation sites is 1. The van der Waals surface area contributed by atoms with E-state index in [4.69, 9.17) is 9.47 Å². The van der Waals surface area contributed by atoms with Gasteiger partial charge in [-0.05, 0) is 33.8 Å². The van der Waals surface area contributed by atoms with Gasteiger partial charge in [-0.3, -0.25) is 0 Å². The average Bonchev–Trinajstić information content (AvgIpc) is 2.73. The molecule has 0 bridgehead atoms. The van der Waals surface area contributed by atoms with Crippen molar-refractivity contribution in [1.29, 1.82) is 0 Å². The summed E-state index contributed by atoms with van der Waals surface area (Å²) in [6, 6.07) is 5.84. The third-order valence-corrected chi connectivity index (χ3v) is 3.73. The van der Waals surface area contributed by atoms with Crippen molar-refractivity contribution in [3.05, 3.63) is 23.8 Å². The van der Waals surface area contributed by atoms with Gasteiger partial charge in [-0.25, -0.2) is 0 Å². The van der Waals surface area contributed by atoms with Gasteiger partial charge < -0.3 is 19.9 Å². The van der Waals surface area contributed by atoms with Crippen LogP contribution < -0.4 is 14.8 Å². The smallest absolute Gasteiger partial charge is 0.231 e. The van der Waals surface area contributed by atoms with Crippen molar-refractivity contribution in [3.63, 3.8) is 0 Å². The molecule has 0 amide bonds. The van der Waals surface area contributed by atoms with Crippen LogP contribution in [0.2, 0.25) is 0 Å². The first kappa shape index (κ1) is 13.2. The molecule has 100 valence electrons. The van der Waals surface area contributed by atoms with Crippen molar-refractivity contribution < 1.29 is 14.6 Å². The lowest BCUT2D eigenvalue weighted by Gasteiger charge is -2.38. The van der Waals surface area contributed by atoms with Crippen LogP contribution in [0, 0.1) is 0 Å². The lowest BCUT2D eigenvalue weighted by atomic mass is 9.86. The topological polar surface area (TPSA) is 50.7 Å². The molecule has 1 aliphatic rings. The highest BCUT2D eigenvalue weighted by atomic mass is 16.7. The van der Waals surface area contributed by atoms with Gasteiger partial charge in [0, 0.05) is 17.6 Å². The number of hydrogen-bond acceptors (Lipinski definition) is 4. The second-order valence-electron chi connectivity index (χ2n) is 5.69. The van der Waals surface area contributed by atoms with E-state index in [2.05, 4.69) is 5.32 Å². The summed E-state index contributed by atoms with van der Waals surface area (Å²) in [5.74, 6) is 1.59. The third kappa shape index (κ3) is 2.44. The maximum atomic E-state index is 10.1. The lowest BCUT2D eigenvalue weighted by molar-refractivity contribution is -0.00540. The number of fused-ring (bicyclic) bond motifs is 1. The molecular weight excluding hydrogens is 230 g/mol. The number of ether oxygens (including phenoxy) is 2. The highest BCUT2D eigenvalue weighted by Crippen LogP contribution is 2.35. The molecule has 18 heavy (non-hydrogen) atoms. The van der Waals surface area contributed by atoms with E-state index in [-0.39, 0.29) is 6.79 Å². The van der Waals surface area contributed by atoms with Crippen LogP contribution >= 0.6 is 0 Å². The van der Waals surface area contributed by atoms with Crippen molar-refractivity contribution in [1.82, 2.24) is 5.32 Å². The van der Waals surface area contributed by atoms with Gasteiger partial charge in [0.1, 0.15) is 0 Å². The second kappa shape index (κ2) is 4.44. The van der Waals surface area contributed by atoms with Gasteiger partial charge >= 0.3 is 0 Å². The van der Waals surface area contributed by atoms with Crippen molar-refractivity contribution in [2.75, 3.05) is 6.79 Å². The maximum Gasteiger partial charge on any atom is 0.231 e. The average molecular weight is 251 g/mol. The van der Waals surface area contributed by atoms with E-state index in [1.165, 1.54) is 0 Å². The molecule has 2 rings (SSSR count). The Balaban J connectivity index is 2.10. The minimum Gasteiger partial charge on any atom is -0.454 e. The Hall–Kier alpha value is -1.26. The van der Waals surface area contributed by atoms with E-state index < -0.39 is 11.1 Å². The van der Waals surface area contributed by atoms with E-state index >= 15 is 0 Å². The monoisotopic (exact) mass is 251 g/mol. The molecule has 0 unspecified atom stereocenters. The van der Waals surface area contributed by atoms with Crippen LogP contribution in [-0.4, -0.2) is 23.0 Å². The van der Waals surface area contributed by atoms with Crippen LogP contribution in [0.3, 0.4) is 0 Å². The number of aliphatic hydroxyl groups is 1. The molecule has 0 aliphatic carbocycles. The zero-order valence-electron chi connectivity index (χ0n) is 11.4. The molecule has 0 aromatic heterocycles. The zero-order chi connectivity index (χ0) is 13.4. The summed E-state index contributed by atoms with van der Waals surface area (Å²) >= 11 is 0. The quantitative estimate of drug-likeness (QED) is 0.860. The van der Waals surface area contributed by atoms with Gasteiger partial charge in [-0.15, -0.1) is 0 Å². The highest BCUT2D eigenvalue weighted by Gasteiger charge is 2.34. The van der Waals surface area contributed by atoms with E-state index in [1.807, 2.05) is 32.0 Å². The Bertz CT molecular complexity index is 435. The maximum absolute atomic E-state index is 10.1. The molecule has 4 nitrogen and oxygen atoms in total. The van der Waals surface area contributed by atoms with Gasteiger partial charge in [0.25, 0.3) is 0 Å². The lowest BCUT2D eigenvalue weighted by Crippen LogP contribution is -2.55. The van der Waals surface area contributed by atoms with Gasteiger partial charge in [0.05, 0.1) is 5.60 Å².